The zero-order valence-electron chi connectivity index (χ0n) is 12.9. The van der Waals surface area contributed by atoms with Crippen LogP contribution in [0.2, 0.25) is 0 Å². The summed E-state index contributed by atoms with van der Waals surface area (Å²) >= 11 is 0. The summed E-state index contributed by atoms with van der Waals surface area (Å²) in [4.78, 5) is 0. The van der Waals surface area contributed by atoms with Crippen LogP contribution >= 0.6 is 0 Å². The van der Waals surface area contributed by atoms with Gasteiger partial charge in [-0.15, -0.1) is 0 Å². The van der Waals surface area contributed by atoms with E-state index in [4.69, 9.17) is 15.3 Å². The molecule has 3 nitrogen and oxygen atoms in total. The number of aliphatic hydroxyl groups is 3. The van der Waals surface area contributed by atoms with Crippen LogP contribution in [0.3, 0.4) is 0 Å². The van der Waals surface area contributed by atoms with Crippen LogP contribution in [0.4, 0.5) is 0 Å². The number of aliphatic hydroxyl groups excluding tert-OH is 3. The van der Waals surface area contributed by atoms with Crippen LogP contribution in [0.15, 0.2) is 0 Å². The molecule has 0 aliphatic rings. The third-order valence-electron chi connectivity index (χ3n) is 1.35. The molecule has 0 radical (unpaired) electrons. The van der Waals surface area contributed by atoms with E-state index in [1.54, 1.807) is 20.8 Å². The largest absolute Gasteiger partial charge is 0.397 e. The van der Waals surface area contributed by atoms with Crippen molar-refractivity contribution in [3.8, 4) is 0 Å². The van der Waals surface area contributed by atoms with Crippen LogP contribution in [-0.4, -0.2) is 35.1 Å². The summed E-state index contributed by atoms with van der Waals surface area (Å²) in [5.41, 5.74) is 0. The van der Waals surface area contributed by atoms with E-state index in [9.17, 15) is 0 Å². The van der Waals surface area contributed by atoms with E-state index in [2.05, 4.69) is 13.8 Å². The number of rotatable bonds is 5. The Morgan fingerprint density at radius 1 is 0.667 bits per heavy atom. The Kier molecular flexibility index (Phi) is 90.9. The van der Waals surface area contributed by atoms with Gasteiger partial charge in [-0.1, -0.05) is 39.0 Å². The van der Waals surface area contributed by atoms with Crippen molar-refractivity contribution in [3.63, 3.8) is 0 Å². The molecule has 18 heavy (non-hydrogen) atoms. The van der Waals surface area contributed by atoms with Crippen LogP contribution in [0, 0.1) is 6.92 Å². The normalized spacial score (nSPS) is 7.33. The molecule has 0 saturated heterocycles. The summed E-state index contributed by atoms with van der Waals surface area (Å²) in [5.74, 6) is 0. The average molecular weight is 343 g/mol. The molecule has 114 valence electrons. The molecule has 0 bridgehead atoms. The molecule has 0 amide bonds. The molecule has 0 aliphatic heterocycles. The first-order valence-corrected chi connectivity index (χ1v) is 6.78. The summed E-state index contributed by atoms with van der Waals surface area (Å²) in [6.07, 6.45) is 7.98. The van der Waals surface area contributed by atoms with Gasteiger partial charge in [0, 0.05) is 46.0 Å². The van der Waals surface area contributed by atoms with Crippen LogP contribution in [-0.2, 0) is 26.2 Å². The first kappa shape index (κ1) is 31.3. The fourth-order valence-electron chi connectivity index (χ4n) is 0.780. The molecule has 0 atom stereocenters. The molecule has 0 unspecified atom stereocenters. The molecular weight excluding hydrogens is 307 g/mol. The zero-order chi connectivity index (χ0) is 14.4. The zero-order valence-corrected chi connectivity index (χ0v) is 15.4. The Hall–Kier alpha value is 0.763. The predicted molar refractivity (Wildman–Crippen MR) is 77.0 cm³/mol. The standard InChI is InChI=1S/C8H17.3C2H6O.Zr/c1-3-5-7-8-6-4-2;3*1-2-3;/h1,3-8H2,2H3;3*3H,2H2,1H3;/q-1;;;;. The maximum absolute atomic E-state index is 7.57. The van der Waals surface area contributed by atoms with Gasteiger partial charge < -0.3 is 22.2 Å². The molecule has 0 aromatic heterocycles. The second kappa shape index (κ2) is 52.4. The Morgan fingerprint density at radius 2 is 0.944 bits per heavy atom. The van der Waals surface area contributed by atoms with Crippen molar-refractivity contribution in [2.75, 3.05) is 19.8 Å². The second-order valence-corrected chi connectivity index (χ2v) is 3.22. The first-order chi connectivity index (χ1) is 8.16. The van der Waals surface area contributed by atoms with Gasteiger partial charge in [0.25, 0.3) is 0 Å². The van der Waals surface area contributed by atoms with E-state index < -0.39 is 0 Å². The monoisotopic (exact) mass is 341 g/mol. The number of hydrogen-bond acceptors (Lipinski definition) is 3. The van der Waals surface area contributed by atoms with Crippen molar-refractivity contribution in [1.82, 2.24) is 0 Å². The summed E-state index contributed by atoms with van der Waals surface area (Å²) in [5, 5.41) is 22.7. The first-order valence-electron chi connectivity index (χ1n) is 6.78. The maximum atomic E-state index is 7.57. The number of hydrogen-bond donors (Lipinski definition) is 3. The van der Waals surface area contributed by atoms with E-state index in [0.29, 0.717) is 0 Å². The van der Waals surface area contributed by atoms with Gasteiger partial charge in [0.1, 0.15) is 0 Å². The molecule has 0 heterocycles. The molecule has 0 saturated carbocycles. The minimum absolute atomic E-state index is 0. The fraction of sp³-hybridized carbons (Fsp3) is 0.929. The molecule has 3 N–H and O–H groups in total. The van der Waals surface area contributed by atoms with Crippen molar-refractivity contribution >= 4 is 0 Å². The summed E-state index contributed by atoms with van der Waals surface area (Å²) in [6.45, 7) is 11.8. The van der Waals surface area contributed by atoms with Crippen LogP contribution in [0.1, 0.15) is 66.2 Å². The molecule has 0 rings (SSSR count). The maximum Gasteiger partial charge on any atom is 0.0402 e. The molecule has 0 aliphatic carbocycles. The summed E-state index contributed by atoms with van der Waals surface area (Å²) in [6, 6.07) is 0. The van der Waals surface area contributed by atoms with Gasteiger partial charge in [0.05, 0.1) is 0 Å². The summed E-state index contributed by atoms with van der Waals surface area (Å²) < 4.78 is 0. The van der Waals surface area contributed by atoms with Gasteiger partial charge in [-0.3, -0.25) is 0 Å². The van der Waals surface area contributed by atoms with E-state index >= 15 is 0 Å². The Labute approximate surface area is 134 Å². The Balaban J connectivity index is -0.0000000477. The SMILES string of the molecule is CCO.CCO.CCO.[CH2-]CCCCCCC.[Zr]. The van der Waals surface area contributed by atoms with Gasteiger partial charge >= 0.3 is 0 Å². The van der Waals surface area contributed by atoms with E-state index in [1.165, 1.54) is 32.1 Å². The molecule has 0 aromatic rings. The van der Waals surface area contributed by atoms with Gasteiger partial charge in [-0.2, -0.15) is 6.42 Å². The molecule has 4 heteroatoms. The molecule has 0 fully saturated rings. The average Bonchev–Trinajstić information content (AvgIpc) is 2.28. The third-order valence-corrected chi connectivity index (χ3v) is 1.35. The minimum atomic E-state index is 0. The van der Waals surface area contributed by atoms with Crippen LogP contribution < -0.4 is 0 Å². The molecule has 0 aromatic carbocycles. The van der Waals surface area contributed by atoms with Crippen molar-refractivity contribution in [1.29, 1.82) is 0 Å². The van der Waals surface area contributed by atoms with Crippen molar-refractivity contribution in [3.05, 3.63) is 6.92 Å². The van der Waals surface area contributed by atoms with Gasteiger partial charge in [-0.05, 0) is 20.8 Å². The predicted octanol–water partition coefficient (Wildman–Crippen LogP) is 3.17. The van der Waals surface area contributed by atoms with Gasteiger partial charge in [0.2, 0.25) is 0 Å². The van der Waals surface area contributed by atoms with Crippen LogP contribution in [0.5, 0.6) is 0 Å². The topological polar surface area (TPSA) is 60.7 Å². The smallest absolute Gasteiger partial charge is 0.0402 e. The third kappa shape index (κ3) is 125. The Bertz CT molecular complexity index is 63.3. The molecule has 0 spiro atoms. The van der Waals surface area contributed by atoms with Crippen LogP contribution in [0.25, 0.3) is 0 Å². The minimum Gasteiger partial charge on any atom is -0.397 e. The van der Waals surface area contributed by atoms with E-state index in [1.807, 2.05) is 0 Å². The van der Waals surface area contributed by atoms with Gasteiger partial charge in [-0.25, -0.2) is 0 Å². The quantitative estimate of drug-likeness (QED) is 0.531. The van der Waals surface area contributed by atoms with Crippen molar-refractivity contribution in [2.24, 2.45) is 0 Å². The molecular formula is C14H35O3Zr-. The van der Waals surface area contributed by atoms with Crippen molar-refractivity contribution in [2.45, 2.75) is 66.2 Å². The summed E-state index contributed by atoms with van der Waals surface area (Å²) in [7, 11) is 0. The van der Waals surface area contributed by atoms with Crippen molar-refractivity contribution < 1.29 is 41.5 Å². The van der Waals surface area contributed by atoms with E-state index in [-0.39, 0.29) is 46.0 Å². The van der Waals surface area contributed by atoms with E-state index in [0.717, 1.165) is 6.42 Å². The number of unbranched alkanes of at least 4 members (excludes halogenated alkanes) is 5. The Morgan fingerprint density at radius 3 is 1.17 bits per heavy atom. The second-order valence-electron chi connectivity index (χ2n) is 3.22. The fourth-order valence-corrected chi connectivity index (χ4v) is 0.780. The van der Waals surface area contributed by atoms with Gasteiger partial charge in [0.15, 0.2) is 0 Å².